The quantitative estimate of drug-likeness (QED) is 0.334. The maximum Gasteiger partial charge on any atom is 0.160 e. The van der Waals surface area contributed by atoms with Crippen molar-refractivity contribution >= 4 is 10.8 Å². The number of hydrogen-bond acceptors (Lipinski definition) is 1. The molecule has 174 valence electrons. The molecule has 1 unspecified atom stereocenters. The van der Waals surface area contributed by atoms with Gasteiger partial charge in [-0.1, -0.05) is 78.7 Å². The minimum absolute atomic E-state index is 0.287. The molecule has 0 aliphatic rings. The summed E-state index contributed by atoms with van der Waals surface area (Å²) < 4.78 is 39.3. The fraction of sp³-hybridized carbons (Fsp3) is 0.556. The van der Waals surface area contributed by atoms with Crippen LogP contribution in [0.25, 0.3) is 0 Å². The van der Waals surface area contributed by atoms with Crippen molar-refractivity contribution in [2.24, 2.45) is 5.92 Å². The van der Waals surface area contributed by atoms with Gasteiger partial charge in [-0.25, -0.2) is 13.0 Å². The summed E-state index contributed by atoms with van der Waals surface area (Å²) in [4.78, 5) is 0.926. The SMILES string of the molecule is CCCC.CCCC(CCC)CCCc1cc(S(=O)c2ccc(F)c(F)c2)ccc1C. The fourth-order valence-electron chi connectivity index (χ4n) is 3.59. The molecule has 0 amide bonds. The number of rotatable bonds is 11. The van der Waals surface area contributed by atoms with E-state index in [-0.39, 0.29) is 4.90 Å². The highest BCUT2D eigenvalue weighted by atomic mass is 32.2. The van der Waals surface area contributed by atoms with Crippen molar-refractivity contribution in [2.45, 2.75) is 102 Å². The highest BCUT2D eigenvalue weighted by molar-refractivity contribution is 7.85. The van der Waals surface area contributed by atoms with Gasteiger partial charge in [-0.15, -0.1) is 0 Å². The minimum Gasteiger partial charge on any atom is -0.249 e. The van der Waals surface area contributed by atoms with Crippen LogP contribution in [-0.4, -0.2) is 4.21 Å². The van der Waals surface area contributed by atoms with Crippen LogP contribution in [0.1, 0.15) is 90.2 Å². The second-order valence-electron chi connectivity index (χ2n) is 8.27. The molecule has 0 fully saturated rings. The first-order valence-corrected chi connectivity index (χ1v) is 13.0. The van der Waals surface area contributed by atoms with Crippen LogP contribution in [0.5, 0.6) is 0 Å². The lowest BCUT2D eigenvalue weighted by atomic mass is 9.91. The van der Waals surface area contributed by atoms with Crippen molar-refractivity contribution in [3.63, 3.8) is 0 Å². The lowest BCUT2D eigenvalue weighted by Crippen LogP contribution is -2.02. The molecule has 2 aromatic carbocycles. The maximum atomic E-state index is 13.5. The predicted molar refractivity (Wildman–Crippen MR) is 129 cm³/mol. The summed E-state index contributed by atoms with van der Waals surface area (Å²) in [5.74, 6) is -1.10. The molecular formula is C27H40F2OS. The lowest BCUT2D eigenvalue weighted by Gasteiger charge is -2.15. The number of halogens is 2. The van der Waals surface area contributed by atoms with Gasteiger partial charge < -0.3 is 0 Å². The van der Waals surface area contributed by atoms with Crippen LogP contribution in [0, 0.1) is 24.5 Å². The van der Waals surface area contributed by atoms with Crippen LogP contribution < -0.4 is 0 Å². The summed E-state index contributed by atoms with van der Waals surface area (Å²) in [5.41, 5.74) is 2.37. The van der Waals surface area contributed by atoms with E-state index in [2.05, 4.69) is 34.6 Å². The zero-order chi connectivity index (χ0) is 23.2. The third-order valence-electron chi connectivity index (χ3n) is 5.59. The van der Waals surface area contributed by atoms with Crippen LogP contribution in [0.15, 0.2) is 46.2 Å². The Kier molecular flexibility index (Phi) is 13.6. The second-order valence-corrected chi connectivity index (χ2v) is 9.75. The Morgan fingerprint density at radius 1 is 0.774 bits per heavy atom. The zero-order valence-electron chi connectivity index (χ0n) is 20.0. The van der Waals surface area contributed by atoms with Gasteiger partial charge in [-0.3, -0.25) is 0 Å². The molecule has 2 rings (SSSR count). The van der Waals surface area contributed by atoms with Crippen LogP contribution >= 0.6 is 0 Å². The van der Waals surface area contributed by atoms with E-state index in [0.717, 1.165) is 30.9 Å². The topological polar surface area (TPSA) is 17.1 Å². The molecule has 0 spiro atoms. The summed E-state index contributed by atoms with van der Waals surface area (Å²) in [6.45, 7) is 10.9. The van der Waals surface area contributed by atoms with Gasteiger partial charge in [0.15, 0.2) is 11.6 Å². The third kappa shape index (κ3) is 9.64. The average molecular weight is 451 g/mol. The van der Waals surface area contributed by atoms with Crippen molar-refractivity contribution in [3.05, 3.63) is 59.2 Å². The Bertz CT molecular complexity index is 796. The molecule has 0 heterocycles. The largest absolute Gasteiger partial charge is 0.249 e. The molecule has 0 saturated heterocycles. The predicted octanol–water partition coefficient (Wildman–Crippen LogP) is 8.79. The first-order chi connectivity index (χ1) is 14.9. The normalized spacial score (nSPS) is 11.9. The van der Waals surface area contributed by atoms with Gasteiger partial charge in [-0.05, 0) is 67.1 Å². The van der Waals surface area contributed by atoms with E-state index in [9.17, 15) is 13.0 Å². The van der Waals surface area contributed by atoms with Crippen molar-refractivity contribution in [2.75, 3.05) is 0 Å². The smallest absolute Gasteiger partial charge is 0.160 e. The first-order valence-electron chi connectivity index (χ1n) is 11.8. The summed E-state index contributed by atoms with van der Waals surface area (Å²) in [5, 5.41) is 0. The number of hydrogen-bond donors (Lipinski definition) is 0. The molecule has 4 heteroatoms. The highest BCUT2D eigenvalue weighted by Crippen LogP contribution is 2.24. The minimum atomic E-state index is -1.51. The van der Waals surface area contributed by atoms with Gasteiger partial charge in [0.05, 0.1) is 10.8 Å². The van der Waals surface area contributed by atoms with Crippen LogP contribution in [0.4, 0.5) is 8.78 Å². The van der Waals surface area contributed by atoms with E-state index in [0.29, 0.717) is 4.90 Å². The molecular weight excluding hydrogens is 410 g/mol. The van der Waals surface area contributed by atoms with E-state index in [1.807, 2.05) is 18.2 Å². The number of unbranched alkanes of at least 4 members (excludes halogenated alkanes) is 1. The van der Waals surface area contributed by atoms with Gasteiger partial charge in [0.1, 0.15) is 0 Å². The van der Waals surface area contributed by atoms with E-state index in [4.69, 9.17) is 0 Å². The maximum absolute atomic E-state index is 13.5. The monoisotopic (exact) mass is 450 g/mol. The number of aryl methyl sites for hydroxylation is 2. The van der Waals surface area contributed by atoms with Crippen LogP contribution in [-0.2, 0) is 17.2 Å². The fourth-order valence-corrected chi connectivity index (χ4v) is 4.71. The van der Waals surface area contributed by atoms with E-state index in [1.54, 1.807) is 0 Å². The first kappa shape index (κ1) is 27.5. The Balaban J connectivity index is 0.00000110. The van der Waals surface area contributed by atoms with Gasteiger partial charge in [0.25, 0.3) is 0 Å². The third-order valence-corrected chi connectivity index (χ3v) is 6.96. The summed E-state index contributed by atoms with van der Waals surface area (Å²) in [6, 6.07) is 9.17. The molecule has 0 aromatic heterocycles. The Labute approximate surface area is 191 Å². The molecule has 0 N–H and O–H groups in total. The molecule has 1 nitrogen and oxygen atoms in total. The molecule has 0 radical (unpaired) electrons. The molecule has 1 atom stereocenters. The molecule has 0 aliphatic heterocycles. The van der Waals surface area contributed by atoms with Crippen LogP contribution in [0.3, 0.4) is 0 Å². The van der Waals surface area contributed by atoms with Gasteiger partial charge in [0, 0.05) is 9.79 Å². The second kappa shape index (κ2) is 15.3. The standard InChI is InChI=1S/C23H30F2OS.C4H10/c1-4-7-18(8-5-2)9-6-10-19-15-20(12-11-17(19)3)27(26)21-13-14-22(24)23(25)16-21;1-3-4-2/h11-16,18H,4-10H2,1-3H3;3-4H2,1-2H3. The Morgan fingerprint density at radius 3 is 1.90 bits per heavy atom. The van der Waals surface area contributed by atoms with Gasteiger partial charge >= 0.3 is 0 Å². The molecule has 0 bridgehead atoms. The average Bonchev–Trinajstić information content (AvgIpc) is 2.77. The molecule has 31 heavy (non-hydrogen) atoms. The van der Waals surface area contributed by atoms with Gasteiger partial charge in [0.2, 0.25) is 0 Å². The summed E-state index contributed by atoms with van der Waals surface area (Å²) >= 11 is 0. The van der Waals surface area contributed by atoms with Crippen LogP contribution in [0.2, 0.25) is 0 Å². The van der Waals surface area contributed by atoms with Crippen molar-refractivity contribution in [3.8, 4) is 0 Å². The molecule has 0 saturated carbocycles. The van der Waals surface area contributed by atoms with Crippen molar-refractivity contribution < 1.29 is 13.0 Å². The van der Waals surface area contributed by atoms with Crippen molar-refractivity contribution in [1.82, 2.24) is 0 Å². The Hall–Kier alpha value is -1.55. The lowest BCUT2D eigenvalue weighted by molar-refractivity contribution is 0.400. The summed E-state index contributed by atoms with van der Waals surface area (Å²) in [6.07, 6.45) is 11.0. The zero-order valence-corrected chi connectivity index (χ0v) is 20.8. The summed E-state index contributed by atoms with van der Waals surface area (Å²) in [7, 11) is -1.51. The van der Waals surface area contributed by atoms with E-state index >= 15 is 0 Å². The highest BCUT2D eigenvalue weighted by Gasteiger charge is 2.13. The van der Waals surface area contributed by atoms with Gasteiger partial charge in [-0.2, -0.15) is 0 Å². The number of benzene rings is 2. The van der Waals surface area contributed by atoms with E-state index < -0.39 is 22.4 Å². The van der Waals surface area contributed by atoms with E-state index in [1.165, 1.54) is 62.1 Å². The molecule has 2 aromatic rings. The molecule has 0 aliphatic carbocycles. The Morgan fingerprint density at radius 2 is 1.35 bits per heavy atom. The van der Waals surface area contributed by atoms with Crippen molar-refractivity contribution in [1.29, 1.82) is 0 Å².